The first-order valence-electron chi connectivity index (χ1n) is 6.49. The summed E-state index contributed by atoms with van der Waals surface area (Å²) >= 11 is 0. The van der Waals surface area contributed by atoms with Gasteiger partial charge in [-0.25, -0.2) is 0 Å². The monoisotopic (exact) mass is 237 g/mol. The lowest BCUT2D eigenvalue weighted by Gasteiger charge is -2.48. The Morgan fingerprint density at radius 1 is 1.29 bits per heavy atom. The van der Waals surface area contributed by atoms with Crippen LogP contribution in [0.3, 0.4) is 0 Å². The zero-order chi connectivity index (χ0) is 12.7. The van der Waals surface area contributed by atoms with Crippen LogP contribution in [0.5, 0.6) is 0 Å². The van der Waals surface area contributed by atoms with E-state index in [1.165, 1.54) is 5.47 Å². The summed E-state index contributed by atoms with van der Waals surface area (Å²) in [4.78, 5) is 2.31. The molecule has 2 aliphatic rings. The van der Waals surface area contributed by atoms with Crippen molar-refractivity contribution in [2.24, 2.45) is 5.41 Å². The molecule has 0 amide bonds. The van der Waals surface area contributed by atoms with Crippen LogP contribution in [-0.2, 0) is 9.31 Å². The molecule has 17 heavy (non-hydrogen) atoms. The fourth-order valence-electron chi connectivity index (χ4n) is 2.10. The van der Waals surface area contributed by atoms with Crippen molar-refractivity contribution < 1.29 is 9.31 Å². The summed E-state index contributed by atoms with van der Waals surface area (Å²) in [5.74, 6) is 0. The number of rotatable bonds is 1. The first-order chi connectivity index (χ1) is 7.82. The summed E-state index contributed by atoms with van der Waals surface area (Å²) in [6.45, 7) is 11.6. The van der Waals surface area contributed by atoms with Crippen molar-refractivity contribution in [2.45, 2.75) is 39.7 Å². The molecule has 0 aromatic rings. The van der Waals surface area contributed by atoms with Crippen LogP contribution in [0.15, 0.2) is 11.5 Å². The first-order valence-corrected chi connectivity index (χ1v) is 6.49. The molecule has 0 bridgehead atoms. The quantitative estimate of drug-likeness (QED) is 0.652. The highest BCUT2D eigenvalue weighted by Gasteiger charge is 2.47. The molecule has 0 atom stereocenters. The van der Waals surface area contributed by atoms with Crippen LogP contribution < -0.4 is 0 Å². The van der Waals surface area contributed by atoms with Gasteiger partial charge in [0.15, 0.2) is 0 Å². The van der Waals surface area contributed by atoms with Crippen molar-refractivity contribution in [3.8, 4) is 0 Å². The van der Waals surface area contributed by atoms with E-state index in [9.17, 15) is 0 Å². The molecular formula is C13H24BNO2. The van der Waals surface area contributed by atoms with Crippen LogP contribution in [0, 0.1) is 5.41 Å². The maximum atomic E-state index is 6.15. The molecule has 0 aromatic heterocycles. The Balaban J connectivity index is 2.06. The van der Waals surface area contributed by atoms with Crippen LogP contribution in [0.25, 0.3) is 0 Å². The molecule has 4 heteroatoms. The lowest BCUT2D eigenvalue weighted by molar-refractivity contribution is -0.0955. The van der Waals surface area contributed by atoms with E-state index in [0.29, 0.717) is 0 Å². The van der Waals surface area contributed by atoms with E-state index in [2.05, 4.69) is 45.7 Å². The van der Waals surface area contributed by atoms with Gasteiger partial charge in [-0.2, -0.15) is 0 Å². The summed E-state index contributed by atoms with van der Waals surface area (Å²) in [5, 5.41) is 0. The first kappa shape index (κ1) is 13.1. The highest BCUT2D eigenvalue weighted by molar-refractivity contribution is 6.54. The molecule has 0 aliphatic carbocycles. The molecule has 2 aliphatic heterocycles. The second-order valence-corrected chi connectivity index (χ2v) is 6.45. The van der Waals surface area contributed by atoms with E-state index >= 15 is 0 Å². The molecule has 0 unspecified atom stereocenters. The van der Waals surface area contributed by atoms with Crippen LogP contribution >= 0.6 is 0 Å². The average Bonchev–Trinajstić information content (AvgIpc) is 2.23. The number of nitrogens with zero attached hydrogens (tertiary/aromatic N) is 1. The number of hydrogen-bond donors (Lipinski definition) is 0. The lowest BCUT2D eigenvalue weighted by Crippen LogP contribution is -2.55. The van der Waals surface area contributed by atoms with Gasteiger partial charge in [-0.3, -0.25) is 0 Å². The van der Waals surface area contributed by atoms with Crippen molar-refractivity contribution in [3.05, 3.63) is 11.5 Å². The maximum Gasteiger partial charge on any atom is 0.489 e. The number of hydrogen-bond acceptors (Lipinski definition) is 3. The molecule has 0 spiro atoms. The van der Waals surface area contributed by atoms with Crippen LogP contribution in [0.1, 0.15) is 34.1 Å². The molecular weight excluding hydrogens is 213 g/mol. The van der Waals surface area contributed by atoms with E-state index < -0.39 is 0 Å². The Morgan fingerprint density at radius 2 is 2.00 bits per heavy atom. The van der Waals surface area contributed by atoms with Gasteiger partial charge in [0, 0.05) is 25.1 Å². The summed E-state index contributed by atoms with van der Waals surface area (Å²) in [5.41, 5.74) is 1.24. The molecule has 1 fully saturated rings. The van der Waals surface area contributed by atoms with Crippen molar-refractivity contribution in [1.82, 2.24) is 4.90 Å². The average molecular weight is 237 g/mol. The van der Waals surface area contributed by atoms with Gasteiger partial charge in [0.2, 0.25) is 0 Å². The minimum atomic E-state index is -0.139. The van der Waals surface area contributed by atoms with Crippen molar-refractivity contribution in [2.75, 3.05) is 26.7 Å². The molecule has 96 valence electrons. The Bertz CT molecular complexity index is 325. The van der Waals surface area contributed by atoms with Crippen molar-refractivity contribution in [3.63, 3.8) is 0 Å². The molecule has 0 radical (unpaired) electrons. The zero-order valence-electron chi connectivity index (χ0n) is 11.7. The highest BCUT2D eigenvalue weighted by Crippen LogP contribution is 2.39. The molecule has 2 heterocycles. The fraction of sp³-hybridized carbons (Fsp3) is 0.846. The van der Waals surface area contributed by atoms with Crippen LogP contribution in [-0.4, -0.2) is 44.4 Å². The van der Waals surface area contributed by atoms with Crippen LogP contribution in [0.4, 0.5) is 0 Å². The standard InChI is InChI=1S/C13H24BNO2/c1-12(2)10-16-14(17-13(12,3)4)11-6-8-15(5)9-7-11/h6H,7-10H2,1-5H3. The Morgan fingerprint density at radius 3 is 2.53 bits per heavy atom. The summed E-state index contributed by atoms with van der Waals surface area (Å²) < 4.78 is 12.0. The second kappa shape index (κ2) is 4.41. The SMILES string of the molecule is CN1CC=C(B2OCC(C)(C)C(C)(C)O2)CC1. The summed E-state index contributed by atoms with van der Waals surface area (Å²) in [6.07, 6.45) is 3.31. The predicted molar refractivity (Wildman–Crippen MR) is 70.8 cm³/mol. The zero-order valence-corrected chi connectivity index (χ0v) is 11.7. The molecule has 0 saturated carbocycles. The summed E-state index contributed by atoms with van der Waals surface area (Å²) in [7, 11) is 2.01. The molecule has 0 N–H and O–H groups in total. The van der Waals surface area contributed by atoms with Gasteiger partial charge >= 0.3 is 7.12 Å². The topological polar surface area (TPSA) is 21.7 Å². The van der Waals surface area contributed by atoms with Crippen LogP contribution in [0.2, 0.25) is 0 Å². The highest BCUT2D eigenvalue weighted by atomic mass is 16.6. The Labute approximate surface area is 105 Å². The Kier molecular flexibility index (Phi) is 3.41. The number of likely N-dealkylation sites (N-methyl/N-ethyl adjacent to an activating group) is 1. The van der Waals surface area contributed by atoms with E-state index in [-0.39, 0.29) is 18.1 Å². The summed E-state index contributed by atoms with van der Waals surface area (Å²) in [6, 6.07) is 0. The van der Waals surface area contributed by atoms with E-state index in [1.54, 1.807) is 0 Å². The Hall–Kier alpha value is -0.315. The van der Waals surface area contributed by atoms with Gasteiger partial charge in [0.1, 0.15) is 0 Å². The van der Waals surface area contributed by atoms with Gasteiger partial charge in [-0.1, -0.05) is 19.9 Å². The molecule has 0 aromatic carbocycles. The molecule has 3 nitrogen and oxygen atoms in total. The molecule has 1 saturated heterocycles. The van der Waals surface area contributed by atoms with E-state index in [4.69, 9.17) is 9.31 Å². The van der Waals surface area contributed by atoms with E-state index in [0.717, 1.165) is 26.1 Å². The van der Waals surface area contributed by atoms with Gasteiger partial charge in [-0.05, 0) is 32.8 Å². The molecule has 2 rings (SSSR count). The minimum Gasteiger partial charge on any atom is -0.407 e. The third-order valence-corrected chi connectivity index (χ3v) is 4.38. The largest absolute Gasteiger partial charge is 0.489 e. The van der Waals surface area contributed by atoms with Gasteiger partial charge < -0.3 is 14.2 Å². The predicted octanol–water partition coefficient (Wildman–Crippen LogP) is 2.13. The van der Waals surface area contributed by atoms with Crippen molar-refractivity contribution in [1.29, 1.82) is 0 Å². The minimum absolute atomic E-state index is 0.0650. The lowest BCUT2D eigenvalue weighted by atomic mass is 9.67. The van der Waals surface area contributed by atoms with E-state index in [1.807, 2.05) is 0 Å². The van der Waals surface area contributed by atoms with Gasteiger partial charge in [0.25, 0.3) is 0 Å². The van der Waals surface area contributed by atoms with Gasteiger partial charge in [-0.15, -0.1) is 0 Å². The third-order valence-electron chi connectivity index (χ3n) is 4.38. The fourth-order valence-corrected chi connectivity index (χ4v) is 2.10. The smallest absolute Gasteiger partial charge is 0.407 e. The maximum absolute atomic E-state index is 6.15. The van der Waals surface area contributed by atoms with Gasteiger partial charge in [0.05, 0.1) is 5.60 Å². The third kappa shape index (κ3) is 2.59. The second-order valence-electron chi connectivity index (χ2n) is 6.45. The normalized spacial score (nSPS) is 29.0. The van der Waals surface area contributed by atoms with Crippen molar-refractivity contribution >= 4 is 7.12 Å².